The molecule has 2 aromatic rings. The number of anilines is 1. The first-order valence-corrected chi connectivity index (χ1v) is 7.96. The van der Waals surface area contributed by atoms with E-state index in [0.29, 0.717) is 5.82 Å². The zero-order chi connectivity index (χ0) is 13.8. The number of thiophene rings is 1. The minimum atomic E-state index is -0.357. The summed E-state index contributed by atoms with van der Waals surface area (Å²) >= 11 is 1.69. The van der Waals surface area contributed by atoms with E-state index in [1.54, 1.807) is 17.5 Å². The summed E-state index contributed by atoms with van der Waals surface area (Å²) in [6.45, 7) is 0. The highest BCUT2D eigenvalue weighted by Crippen LogP contribution is 2.42. The van der Waals surface area contributed by atoms with Gasteiger partial charge in [-0.2, -0.15) is 0 Å². The van der Waals surface area contributed by atoms with Crippen molar-refractivity contribution in [3.8, 4) is 0 Å². The Morgan fingerprint density at radius 1 is 1.15 bits per heavy atom. The Balaban J connectivity index is 1.88. The maximum absolute atomic E-state index is 12.8. The van der Waals surface area contributed by atoms with Crippen LogP contribution >= 0.6 is 11.3 Å². The molecule has 1 saturated carbocycles. The van der Waals surface area contributed by atoms with Gasteiger partial charge >= 0.3 is 0 Å². The lowest BCUT2D eigenvalue weighted by Crippen LogP contribution is -2.41. The monoisotopic (exact) mass is 286 g/mol. The molecule has 104 valence electrons. The van der Waals surface area contributed by atoms with Crippen molar-refractivity contribution in [1.82, 2.24) is 4.98 Å². The number of pyridine rings is 1. The van der Waals surface area contributed by atoms with E-state index in [1.807, 2.05) is 24.3 Å². The number of aromatic nitrogens is 1. The van der Waals surface area contributed by atoms with Crippen LogP contribution in [0.3, 0.4) is 0 Å². The fraction of sp³-hybridized carbons (Fsp3) is 0.375. The van der Waals surface area contributed by atoms with Crippen LogP contribution in [-0.4, -0.2) is 10.9 Å². The van der Waals surface area contributed by atoms with E-state index in [-0.39, 0.29) is 11.3 Å². The van der Waals surface area contributed by atoms with Crippen LogP contribution < -0.4 is 5.32 Å². The van der Waals surface area contributed by atoms with Gasteiger partial charge in [0, 0.05) is 11.1 Å². The molecule has 1 aliphatic rings. The lowest BCUT2D eigenvalue weighted by Gasteiger charge is -2.34. The molecule has 1 aliphatic carbocycles. The molecule has 2 aromatic heterocycles. The highest BCUT2D eigenvalue weighted by atomic mass is 32.1. The van der Waals surface area contributed by atoms with E-state index >= 15 is 0 Å². The molecule has 3 nitrogen and oxygen atoms in total. The molecule has 1 fully saturated rings. The Hall–Kier alpha value is -1.68. The quantitative estimate of drug-likeness (QED) is 0.927. The molecule has 0 bridgehead atoms. The van der Waals surface area contributed by atoms with Gasteiger partial charge in [-0.1, -0.05) is 31.4 Å². The van der Waals surface area contributed by atoms with Gasteiger partial charge in [-0.05, 0) is 36.4 Å². The third-order valence-electron chi connectivity index (χ3n) is 4.04. The van der Waals surface area contributed by atoms with Crippen LogP contribution in [0.5, 0.6) is 0 Å². The van der Waals surface area contributed by atoms with E-state index in [0.717, 1.165) is 25.7 Å². The van der Waals surface area contributed by atoms with Gasteiger partial charge in [0.1, 0.15) is 5.82 Å². The van der Waals surface area contributed by atoms with Crippen molar-refractivity contribution in [2.24, 2.45) is 0 Å². The molecule has 1 amide bonds. The lowest BCUT2D eigenvalue weighted by atomic mass is 9.72. The van der Waals surface area contributed by atoms with Crippen molar-refractivity contribution in [2.75, 3.05) is 5.32 Å². The summed E-state index contributed by atoms with van der Waals surface area (Å²) < 4.78 is 0. The highest BCUT2D eigenvalue weighted by Gasteiger charge is 2.42. The zero-order valence-corrected chi connectivity index (χ0v) is 12.2. The predicted molar refractivity (Wildman–Crippen MR) is 81.9 cm³/mol. The predicted octanol–water partition coefficient (Wildman–Crippen LogP) is 3.98. The standard InChI is InChI=1S/C16H18N2OS/c19-15(18-14-8-2-5-11-17-14)16(9-3-1-4-10-16)13-7-6-12-20-13/h2,5-8,11-12H,1,3-4,9-10H2,(H,17,18,19). The van der Waals surface area contributed by atoms with Gasteiger partial charge in [0.15, 0.2) is 0 Å². The third kappa shape index (κ3) is 2.48. The first-order valence-electron chi connectivity index (χ1n) is 7.08. The average Bonchev–Trinajstić information content (AvgIpc) is 3.04. The highest BCUT2D eigenvalue weighted by molar-refractivity contribution is 7.10. The topological polar surface area (TPSA) is 42.0 Å². The Labute approximate surface area is 123 Å². The van der Waals surface area contributed by atoms with E-state index in [9.17, 15) is 4.79 Å². The molecule has 3 rings (SSSR count). The zero-order valence-electron chi connectivity index (χ0n) is 11.3. The molecule has 0 unspecified atom stereocenters. The molecule has 4 heteroatoms. The second-order valence-corrected chi connectivity index (χ2v) is 6.24. The Bertz CT molecular complexity index is 559. The number of nitrogens with one attached hydrogen (secondary N) is 1. The Morgan fingerprint density at radius 2 is 2.00 bits per heavy atom. The molecule has 0 radical (unpaired) electrons. The van der Waals surface area contributed by atoms with Crippen LogP contribution in [-0.2, 0) is 10.2 Å². The number of hydrogen-bond donors (Lipinski definition) is 1. The summed E-state index contributed by atoms with van der Waals surface area (Å²) in [7, 11) is 0. The van der Waals surface area contributed by atoms with Gasteiger partial charge < -0.3 is 5.32 Å². The van der Waals surface area contributed by atoms with E-state index < -0.39 is 0 Å². The molecule has 20 heavy (non-hydrogen) atoms. The van der Waals surface area contributed by atoms with Gasteiger partial charge in [0.2, 0.25) is 5.91 Å². The molecule has 0 saturated heterocycles. The minimum absolute atomic E-state index is 0.0957. The molecule has 0 atom stereocenters. The maximum atomic E-state index is 12.8. The molecular formula is C16H18N2OS. The minimum Gasteiger partial charge on any atom is -0.310 e. The first-order chi connectivity index (χ1) is 9.81. The fourth-order valence-corrected chi connectivity index (χ4v) is 3.95. The summed E-state index contributed by atoms with van der Waals surface area (Å²) in [5.41, 5.74) is -0.357. The smallest absolute Gasteiger partial charge is 0.237 e. The number of rotatable bonds is 3. The molecule has 0 spiro atoms. The van der Waals surface area contributed by atoms with Crippen molar-refractivity contribution < 1.29 is 4.79 Å². The summed E-state index contributed by atoms with van der Waals surface area (Å²) in [5.74, 6) is 0.734. The van der Waals surface area contributed by atoms with Crippen LogP contribution in [0.1, 0.15) is 37.0 Å². The first kappa shape index (κ1) is 13.3. The fourth-order valence-electron chi connectivity index (χ4n) is 2.96. The normalized spacial score (nSPS) is 17.6. The number of carbonyl (C=O) groups is 1. The number of amides is 1. The van der Waals surface area contributed by atoms with Gasteiger partial charge in [-0.15, -0.1) is 11.3 Å². The average molecular weight is 286 g/mol. The van der Waals surface area contributed by atoms with Gasteiger partial charge in [0.05, 0.1) is 5.41 Å². The molecule has 1 N–H and O–H groups in total. The van der Waals surface area contributed by atoms with Crippen LogP contribution in [0, 0.1) is 0 Å². The molecule has 0 aliphatic heterocycles. The Kier molecular flexibility index (Phi) is 3.83. The summed E-state index contributed by atoms with van der Waals surface area (Å²) in [6.07, 6.45) is 7.04. The lowest BCUT2D eigenvalue weighted by molar-refractivity contribution is -0.122. The van der Waals surface area contributed by atoms with Gasteiger partial charge in [0.25, 0.3) is 0 Å². The summed E-state index contributed by atoms with van der Waals surface area (Å²) in [5, 5.41) is 5.05. The largest absolute Gasteiger partial charge is 0.310 e. The molecule has 2 heterocycles. The second kappa shape index (κ2) is 5.75. The van der Waals surface area contributed by atoms with Crippen molar-refractivity contribution in [3.63, 3.8) is 0 Å². The van der Waals surface area contributed by atoms with E-state index in [4.69, 9.17) is 0 Å². The Morgan fingerprint density at radius 3 is 2.65 bits per heavy atom. The van der Waals surface area contributed by atoms with Crippen LogP contribution in [0.2, 0.25) is 0 Å². The second-order valence-electron chi connectivity index (χ2n) is 5.29. The summed E-state index contributed by atoms with van der Waals surface area (Å²) in [4.78, 5) is 18.2. The number of carbonyl (C=O) groups excluding carboxylic acids is 1. The van der Waals surface area contributed by atoms with Gasteiger partial charge in [-0.3, -0.25) is 4.79 Å². The number of nitrogens with zero attached hydrogens (tertiary/aromatic N) is 1. The van der Waals surface area contributed by atoms with Crippen LogP contribution in [0.15, 0.2) is 41.9 Å². The van der Waals surface area contributed by atoms with Crippen molar-refractivity contribution in [2.45, 2.75) is 37.5 Å². The third-order valence-corrected chi connectivity index (χ3v) is 5.12. The van der Waals surface area contributed by atoms with E-state index in [2.05, 4.69) is 21.7 Å². The van der Waals surface area contributed by atoms with Crippen molar-refractivity contribution in [1.29, 1.82) is 0 Å². The SMILES string of the molecule is O=C(Nc1ccccn1)C1(c2cccs2)CCCCC1. The summed E-state index contributed by atoms with van der Waals surface area (Å²) in [6, 6.07) is 9.70. The van der Waals surface area contributed by atoms with Crippen molar-refractivity contribution in [3.05, 3.63) is 46.8 Å². The van der Waals surface area contributed by atoms with Gasteiger partial charge in [-0.25, -0.2) is 4.98 Å². The maximum Gasteiger partial charge on any atom is 0.237 e. The number of hydrogen-bond acceptors (Lipinski definition) is 3. The van der Waals surface area contributed by atoms with Crippen molar-refractivity contribution >= 4 is 23.1 Å². The van der Waals surface area contributed by atoms with Crippen LogP contribution in [0.4, 0.5) is 5.82 Å². The van der Waals surface area contributed by atoms with Crippen LogP contribution in [0.25, 0.3) is 0 Å². The molecule has 0 aromatic carbocycles. The molecular weight excluding hydrogens is 268 g/mol. The van der Waals surface area contributed by atoms with E-state index in [1.165, 1.54) is 11.3 Å².